The van der Waals surface area contributed by atoms with E-state index in [-0.39, 0.29) is 24.2 Å². The van der Waals surface area contributed by atoms with Crippen molar-refractivity contribution < 1.29 is 9.59 Å². The molecule has 0 saturated carbocycles. The average molecular weight is 422 g/mol. The summed E-state index contributed by atoms with van der Waals surface area (Å²) in [4.78, 5) is 26.7. The van der Waals surface area contributed by atoms with E-state index < -0.39 is 0 Å². The maximum Gasteiger partial charge on any atom is 0.229 e. The molecule has 2 amide bonds. The number of benzene rings is 2. The Morgan fingerprint density at radius 3 is 2.80 bits per heavy atom. The van der Waals surface area contributed by atoms with Crippen LogP contribution in [-0.2, 0) is 16.0 Å². The quantitative estimate of drug-likeness (QED) is 0.781. The summed E-state index contributed by atoms with van der Waals surface area (Å²) in [5.74, 6) is -0.557. The van der Waals surface area contributed by atoms with Gasteiger partial charge in [-0.3, -0.25) is 9.59 Å². The lowest BCUT2D eigenvalue weighted by molar-refractivity contribution is -0.122. The Hall–Kier alpha value is -1.85. The van der Waals surface area contributed by atoms with Crippen LogP contribution in [0.25, 0.3) is 0 Å². The van der Waals surface area contributed by atoms with Crippen molar-refractivity contribution in [1.82, 2.24) is 0 Å². The van der Waals surface area contributed by atoms with Gasteiger partial charge in [0, 0.05) is 28.8 Å². The van der Waals surface area contributed by atoms with Gasteiger partial charge < -0.3 is 10.2 Å². The number of para-hydroxylation sites is 1. The van der Waals surface area contributed by atoms with E-state index in [0.29, 0.717) is 17.3 Å². The molecule has 1 aliphatic rings. The van der Waals surface area contributed by atoms with Gasteiger partial charge >= 0.3 is 0 Å². The molecule has 1 fully saturated rings. The lowest BCUT2D eigenvalue weighted by Gasteiger charge is -2.20. The normalized spacial score (nSPS) is 17.0. The summed E-state index contributed by atoms with van der Waals surface area (Å²) < 4.78 is 0.769. The van der Waals surface area contributed by atoms with Crippen LogP contribution in [0.2, 0.25) is 5.02 Å². The SMILES string of the molecule is CCc1ccccc1N1C[C@H](C(=O)Nc2ccc(Br)c(Cl)c2)CC1=O. The molecule has 25 heavy (non-hydrogen) atoms. The molecule has 2 aromatic rings. The third-order valence-electron chi connectivity index (χ3n) is 4.35. The standard InChI is InChI=1S/C19H18BrClN2O2/c1-2-12-5-3-4-6-17(12)23-11-13(9-18(23)24)19(25)22-14-7-8-15(20)16(21)10-14/h3-8,10,13H,2,9,11H2,1H3,(H,22,25)/t13-/m1/s1. The van der Waals surface area contributed by atoms with Crippen molar-refractivity contribution in [2.75, 3.05) is 16.8 Å². The number of carbonyl (C=O) groups excluding carboxylic acids is 2. The van der Waals surface area contributed by atoms with Crippen LogP contribution < -0.4 is 10.2 Å². The molecule has 2 aromatic carbocycles. The number of halogens is 2. The van der Waals surface area contributed by atoms with Crippen LogP contribution in [0.4, 0.5) is 11.4 Å². The molecule has 1 N–H and O–H groups in total. The number of nitrogens with zero attached hydrogens (tertiary/aromatic N) is 1. The zero-order valence-corrected chi connectivity index (χ0v) is 16.1. The van der Waals surface area contributed by atoms with Crippen LogP contribution in [0.3, 0.4) is 0 Å². The van der Waals surface area contributed by atoms with Crippen molar-refractivity contribution in [3.05, 3.63) is 57.5 Å². The second-order valence-electron chi connectivity index (χ2n) is 6.01. The van der Waals surface area contributed by atoms with Gasteiger partial charge in [0.05, 0.1) is 10.9 Å². The molecule has 1 aliphatic heterocycles. The Morgan fingerprint density at radius 1 is 1.32 bits per heavy atom. The Kier molecular flexibility index (Phi) is 5.45. The van der Waals surface area contributed by atoms with E-state index in [9.17, 15) is 9.59 Å². The molecule has 4 nitrogen and oxygen atoms in total. The van der Waals surface area contributed by atoms with Crippen molar-refractivity contribution in [2.45, 2.75) is 19.8 Å². The summed E-state index contributed by atoms with van der Waals surface area (Å²) >= 11 is 9.38. The minimum atomic E-state index is -0.375. The van der Waals surface area contributed by atoms with Crippen molar-refractivity contribution in [3.8, 4) is 0 Å². The van der Waals surface area contributed by atoms with Crippen LogP contribution in [0, 0.1) is 5.92 Å². The molecule has 1 heterocycles. The second-order valence-corrected chi connectivity index (χ2v) is 7.27. The number of nitrogens with one attached hydrogen (secondary N) is 1. The lowest BCUT2D eigenvalue weighted by Crippen LogP contribution is -2.28. The topological polar surface area (TPSA) is 49.4 Å². The van der Waals surface area contributed by atoms with Crippen molar-refractivity contribution in [1.29, 1.82) is 0 Å². The summed E-state index contributed by atoms with van der Waals surface area (Å²) in [5, 5.41) is 3.38. The predicted molar refractivity (Wildman–Crippen MR) is 104 cm³/mol. The minimum Gasteiger partial charge on any atom is -0.326 e. The van der Waals surface area contributed by atoms with E-state index in [2.05, 4.69) is 28.2 Å². The lowest BCUT2D eigenvalue weighted by atomic mass is 10.1. The number of amides is 2. The van der Waals surface area contributed by atoms with Gasteiger partial charge in [0.15, 0.2) is 0 Å². The van der Waals surface area contributed by atoms with Gasteiger partial charge in [-0.15, -0.1) is 0 Å². The summed E-state index contributed by atoms with van der Waals surface area (Å²) in [7, 11) is 0. The number of hydrogen-bond acceptors (Lipinski definition) is 2. The summed E-state index contributed by atoms with van der Waals surface area (Å²) in [5.41, 5.74) is 2.63. The molecular weight excluding hydrogens is 404 g/mol. The summed E-state index contributed by atoms with van der Waals surface area (Å²) in [6, 6.07) is 13.1. The molecule has 1 atom stereocenters. The fraction of sp³-hybridized carbons (Fsp3) is 0.263. The number of rotatable bonds is 4. The van der Waals surface area contributed by atoms with Gasteiger partial charge in [0.2, 0.25) is 11.8 Å². The first-order valence-corrected chi connectivity index (χ1v) is 9.31. The largest absolute Gasteiger partial charge is 0.326 e. The molecule has 0 radical (unpaired) electrons. The van der Waals surface area contributed by atoms with Crippen LogP contribution >= 0.6 is 27.5 Å². The van der Waals surface area contributed by atoms with Gasteiger partial charge in [-0.05, 0) is 52.2 Å². The molecular formula is C19H18BrClN2O2. The third kappa shape index (κ3) is 3.88. The first-order chi connectivity index (χ1) is 12.0. The number of aryl methyl sites for hydroxylation is 1. The number of hydrogen-bond donors (Lipinski definition) is 1. The Morgan fingerprint density at radius 2 is 2.08 bits per heavy atom. The first kappa shape index (κ1) is 18.0. The van der Waals surface area contributed by atoms with Gasteiger partial charge in [0.25, 0.3) is 0 Å². The van der Waals surface area contributed by atoms with Crippen molar-refractivity contribution in [3.63, 3.8) is 0 Å². The molecule has 0 aromatic heterocycles. The van der Waals surface area contributed by atoms with E-state index in [1.807, 2.05) is 24.3 Å². The zero-order valence-electron chi connectivity index (χ0n) is 13.8. The van der Waals surface area contributed by atoms with Crippen molar-refractivity contribution in [2.24, 2.45) is 5.92 Å². The predicted octanol–water partition coefficient (Wildman–Crippen LogP) is 4.66. The molecule has 6 heteroatoms. The highest BCUT2D eigenvalue weighted by molar-refractivity contribution is 9.10. The van der Waals surface area contributed by atoms with E-state index in [1.165, 1.54) is 0 Å². The fourth-order valence-electron chi connectivity index (χ4n) is 3.01. The van der Waals surface area contributed by atoms with Gasteiger partial charge in [-0.25, -0.2) is 0 Å². The molecule has 0 bridgehead atoms. The highest BCUT2D eigenvalue weighted by atomic mass is 79.9. The minimum absolute atomic E-state index is 0.0186. The van der Waals surface area contributed by atoms with E-state index >= 15 is 0 Å². The molecule has 0 aliphatic carbocycles. The molecule has 1 saturated heterocycles. The van der Waals surface area contributed by atoms with E-state index in [0.717, 1.165) is 22.1 Å². The Labute approximate surface area is 160 Å². The third-order valence-corrected chi connectivity index (χ3v) is 5.58. The van der Waals surface area contributed by atoms with E-state index in [4.69, 9.17) is 11.6 Å². The average Bonchev–Trinajstić information content (AvgIpc) is 3.00. The molecule has 130 valence electrons. The summed E-state index contributed by atoms with van der Waals surface area (Å²) in [6.45, 7) is 2.45. The fourth-order valence-corrected chi connectivity index (χ4v) is 3.43. The zero-order chi connectivity index (χ0) is 18.0. The monoisotopic (exact) mass is 420 g/mol. The molecule has 0 unspecified atom stereocenters. The van der Waals surface area contributed by atoms with Gasteiger partial charge in [-0.2, -0.15) is 0 Å². The van der Waals surface area contributed by atoms with Crippen LogP contribution in [0.5, 0.6) is 0 Å². The number of carbonyl (C=O) groups is 2. The Bertz CT molecular complexity index is 825. The molecule has 0 spiro atoms. The molecule has 3 rings (SSSR count). The number of anilines is 2. The van der Waals surface area contributed by atoms with E-state index in [1.54, 1.807) is 23.1 Å². The van der Waals surface area contributed by atoms with Crippen LogP contribution in [-0.4, -0.2) is 18.4 Å². The summed E-state index contributed by atoms with van der Waals surface area (Å²) in [6.07, 6.45) is 1.06. The van der Waals surface area contributed by atoms with Gasteiger partial charge in [0.1, 0.15) is 0 Å². The first-order valence-electron chi connectivity index (χ1n) is 8.13. The maximum absolute atomic E-state index is 12.5. The second kappa shape index (κ2) is 7.58. The van der Waals surface area contributed by atoms with Crippen LogP contribution in [0.1, 0.15) is 18.9 Å². The highest BCUT2D eigenvalue weighted by Gasteiger charge is 2.35. The van der Waals surface area contributed by atoms with Crippen molar-refractivity contribution >= 4 is 50.7 Å². The van der Waals surface area contributed by atoms with Gasteiger partial charge in [-0.1, -0.05) is 36.7 Å². The van der Waals surface area contributed by atoms with Crippen LogP contribution in [0.15, 0.2) is 46.9 Å². The maximum atomic E-state index is 12.5. The smallest absolute Gasteiger partial charge is 0.229 e. The Balaban J connectivity index is 1.73. The highest BCUT2D eigenvalue weighted by Crippen LogP contribution is 2.30.